The number of halogens is 1. The van der Waals surface area contributed by atoms with Crippen LogP contribution in [0.25, 0.3) is 0 Å². The number of piperidine rings is 1. The summed E-state index contributed by atoms with van der Waals surface area (Å²) in [6.07, 6.45) is 1.33. The molecule has 0 unspecified atom stereocenters. The Balaban J connectivity index is 1.44. The summed E-state index contributed by atoms with van der Waals surface area (Å²) in [5.74, 6) is 0.617. The van der Waals surface area contributed by atoms with Gasteiger partial charge in [-0.25, -0.2) is 4.39 Å². The predicted octanol–water partition coefficient (Wildman–Crippen LogP) is 2.28. The van der Waals surface area contributed by atoms with Crippen LogP contribution in [-0.4, -0.2) is 91.0 Å². The van der Waals surface area contributed by atoms with E-state index < -0.39 is 12.2 Å². The molecule has 0 radical (unpaired) electrons. The van der Waals surface area contributed by atoms with Crippen molar-refractivity contribution < 1.29 is 23.8 Å². The summed E-state index contributed by atoms with van der Waals surface area (Å²) in [7, 11) is 0. The SMILES string of the molecule is CC(C)(C)C1CCN([C@@H]2[C@@H](O)[C@H](Oc3cccc(F)c3)C[C@H]2NC(=O)CN2CCOCC2)CC1. The number of hydrogen-bond donors (Lipinski definition) is 2. The number of carbonyl (C=O) groups is 1. The van der Waals surface area contributed by atoms with Crippen LogP contribution in [0, 0.1) is 17.2 Å². The van der Waals surface area contributed by atoms with Crippen LogP contribution in [0.15, 0.2) is 24.3 Å². The molecule has 0 aromatic heterocycles. The quantitative estimate of drug-likeness (QED) is 0.655. The summed E-state index contributed by atoms with van der Waals surface area (Å²) in [6, 6.07) is 5.54. The molecule has 1 aromatic rings. The Morgan fingerprint density at radius 1 is 1.21 bits per heavy atom. The zero-order chi connectivity index (χ0) is 24.3. The highest BCUT2D eigenvalue weighted by Crippen LogP contribution is 2.37. The molecule has 4 rings (SSSR count). The zero-order valence-electron chi connectivity index (χ0n) is 20.7. The number of carbonyl (C=O) groups excluding carboxylic acids is 1. The number of nitrogens with zero attached hydrogens (tertiary/aromatic N) is 2. The average Bonchev–Trinajstić information content (AvgIpc) is 3.08. The molecule has 2 aliphatic heterocycles. The minimum absolute atomic E-state index is 0.0416. The first-order valence-electron chi connectivity index (χ1n) is 12.6. The van der Waals surface area contributed by atoms with Gasteiger partial charge in [0.05, 0.1) is 31.8 Å². The van der Waals surface area contributed by atoms with Crippen LogP contribution in [0.5, 0.6) is 5.75 Å². The zero-order valence-corrected chi connectivity index (χ0v) is 20.7. The van der Waals surface area contributed by atoms with Gasteiger partial charge in [-0.3, -0.25) is 14.6 Å². The standard InChI is InChI=1S/C26H40FN3O4/c1-26(2,3)18-7-9-30(10-8-18)24-21(28-23(31)17-29-11-13-33-14-12-29)16-22(25(24)32)34-20-6-4-5-19(27)15-20/h4-6,15,18,21-22,24-25,32H,7-14,16-17H2,1-3H3,(H,28,31)/t21-,22-,24+,25+/m1/s1. The molecular weight excluding hydrogens is 437 g/mol. The molecule has 4 atom stereocenters. The molecule has 1 aromatic carbocycles. The smallest absolute Gasteiger partial charge is 0.234 e. The van der Waals surface area contributed by atoms with Crippen molar-refractivity contribution >= 4 is 5.91 Å². The van der Waals surface area contributed by atoms with Gasteiger partial charge in [0, 0.05) is 25.6 Å². The normalized spacial score (nSPS) is 29.8. The molecule has 3 fully saturated rings. The van der Waals surface area contributed by atoms with Crippen LogP contribution in [-0.2, 0) is 9.53 Å². The van der Waals surface area contributed by atoms with Crippen LogP contribution < -0.4 is 10.1 Å². The second-order valence-electron chi connectivity index (χ2n) is 11.1. The molecule has 1 saturated carbocycles. The van der Waals surface area contributed by atoms with E-state index in [1.807, 2.05) is 0 Å². The van der Waals surface area contributed by atoms with Gasteiger partial charge >= 0.3 is 0 Å². The lowest BCUT2D eigenvalue weighted by molar-refractivity contribution is -0.124. The topological polar surface area (TPSA) is 74.3 Å². The lowest BCUT2D eigenvalue weighted by Gasteiger charge is -2.43. The van der Waals surface area contributed by atoms with Gasteiger partial charge < -0.3 is 19.9 Å². The molecule has 190 valence electrons. The van der Waals surface area contributed by atoms with E-state index in [4.69, 9.17) is 9.47 Å². The van der Waals surface area contributed by atoms with Crippen molar-refractivity contribution in [2.24, 2.45) is 11.3 Å². The highest BCUT2D eigenvalue weighted by molar-refractivity contribution is 5.78. The first-order chi connectivity index (χ1) is 16.2. The van der Waals surface area contributed by atoms with E-state index in [2.05, 4.69) is 35.9 Å². The van der Waals surface area contributed by atoms with Crippen LogP contribution >= 0.6 is 0 Å². The Labute approximate surface area is 202 Å². The Hall–Kier alpha value is -1.74. The van der Waals surface area contributed by atoms with E-state index in [9.17, 15) is 14.3 Å². The van der Waals surface area contributed by atoms with Crippen molar-refractivity contribution in [3.63, 3.8) is 0 Å². The second-order valence-corrected chi connectivity index (χ2v) is 11.1. The minimum atomic E-state index is -0.775. The predicted molar refractivity (Wildman–Crippen MR) is 128 cm³/mol. The molecule has 34 heavy (non-hydrogen) atoms. The fourth-order valence-electron chi connectivity index (χ4n) is 5.71. The van der Waals surface area contributed by atoms with Crippen molar-refractivity contribution in [2.75, 3.05) is 45.9 Å². The van der Waals surface area contributed by atoms with Gasteiger partial charge in [-0.15, -0.1) is 0 Å². The van der Waals surface area contributed by atoms with E-state index in [1.54, 1.807) is 12.1 Å². The van der Waals surface area contributed by atoms with Gasteiger partial charge in [0.25, 0.3) is 0 Å². The maximum Gasteiger partial charge on any atom is 0.234 e. The fourth-order valence-corrected chi connectivity index (χ4v) is 5.71. The van der Waals surface area contributed by atoms with Crippen molar-refractivity contribution in [2.45, 2.75) is 64.3 Å². The van der Waals surface area contributed by atoms with Crippen molar-refractivity contribution in [3.8, 4) is 5.75 Å². The maximum atomic E-state index is 13.7. The monoisotopic (exact) mass is 477 g/mol. The lowest BCUT2D eigenvalue weighted by Crippen LogP contribution is -2.57. The summed E-state index contributed by atoms with van der Waals surface area (Å²) in [4.78, 5) is 17.3. The van der Waals surface area contributed by atoms with E-state index in [0.717, 1.165) is 39.0 Å². The second kappa shape index (κ2) is 10.9. The van der Waals surface area contributed by atoms with Gasteiger partial charge in [0.2, 0.25) is 5.91 Å². The first-order valence-corrected chi connectivity index (χ1v) is 12.6. The van der Waals surface area contributed by atoms with E-state index >= 15 is 0 Å². The molecule has 2 saturated heterocycles. The number of hydrogen-bond acceptors (Lipinski definition) is 6. The number of amides is 1. The Bertz CT molecular complexity index is 819. The molecule has 1 amide bonds. The van der Waals surface area contributed by atoms with E-state index in [0.29, 0.717) is 37.8 Å². The molecule has 2 heterocycles. The molecule has 0 spiro atoms. The summed E-state index contributed by atoms with van der Waals surface area (Å²) in [5, 5.41) is 14.5. The van der Waals surface area contributed by atoms with Gasteiger partial charge in [0.15, 0.2) is 0 Å². The molecule has 7 nitrogen and oxygen atoms in total. The molecule has 2 N–H and O–H groups in total. The van der Waals surface area contributed by atoms with Crippen LogP contribution in [0.3, 0.4) is 0 Å². The summed E-state index contributed by atoms with van der Waals surface area (Å²) in [6.45, 7) is 11.7. The summed E-state index contributed by atoms with van der Waals surface area (Å²) in [5.41, 5.74) is 0.259. The Kier molecular flexibility index (Phi) is 8.12. The first kappa shape index (κ1) is 25.4. The Morgan fingerprint density at radius 3 is 2.56 bits per heavy atom. The number of morpholine rings is 1. The number of nitrogens with one attached hydrogen (secondary N) is 1. The van der Waals surface area contributed by atoms with Crippen molar-refractivity contribution in [3.05, 3.63) is 30.1 Å². The lowest BCUT2D eigenvalue weighted by atomic mass is 9.75. The highest BCUT2D eigenvalue weighted by Gasteiger charge is 2.48. The summed E-state index contributed by atoms with van der Waals surface area (Å²) < 4.78 is 25.1. The van der Waals surface area contributed by atoms with Gasteiger partial charge in [-0.05, 0) is 49.4 Å². The van der Waals surface area contributed by atoms with Crippen LogP contribution in [0.4, 0.5) is 4.39 Å². The molecule has 1 aliphatic carbocycles. The van der Waals surface area contributed by atoms with Crippen molar-refractivity contribution in [1.82, 2.24) is 15.1 Å². The molecule has 8 heteroatoms. The van der Waals surface area contributed by atoms with Gasteiger partial charge in [-0.2, -0.15) is 0 Å². The summed E-state index contributed by atoms with van der Waals surface area (Å²) >= 11 is 0. The van der Waals surface area contributed by atoms with Crippen molar-refractivity contribution in [1.29, 1.82) is 0 Å². The van der Waals surface area contributed by atoms with Crippen LogP contribution in [0.1, 0.15) is 40.0 Å². The third-order valence-corrected chi connectivity index (χ3v) is 7.71. The van der Waals surface area contributed by atoms with Gasteiger partial charge in [0.1, 0.15) is 23.8 Å². The number of rotatable bonds is 6. The van der Waals surface area contributed by atoms with Gasteiger partial charge in [-0.1, -0.05) is 26.8 Å². The number of aliphatic hydroxyl groups is 1. The number of ether oxygens (including phenoxy) is 2. The van der Waals surface area contributed by atoms with E-state index in [1.165, 1.54) is 12.1 Å². The number of likely N-dealkylation sites (tertiary alicyclic amines) is 1. The van der Waals surface area contributed by atoms with E-state index in [-0.39, 0.29) is 29.2 Å². The largest absolute Gasteiger partial charge is 0.487 e. The maximum absolute atomic E-state index is 13.7. The minimum Gasteiger partial charge on any atom is -0.487 e. The number of benzene rings is 1. The Morgan fingerprint density at radius 2 is 1.91 bits per heavy atom. The third-order valence-electron chi connectivity index (χ3n) is 7.71. The fraction of sp³-hybridized carbons (Fsp3) is 0.731. The average molecular weight is 478 g/mol. The highest BCUT2D eigenvalue weighted by atomic mass is 19.1. The van der Waals surface area contributed by atoms with Crippen LogP contribution in [0.2, 0.25) is 0 Å². The molecule has 0 bridgehead atoms. The third kappa shape index (κ3) is 6.27. The molecule has 3 aliphatic rings. The number of aliphatic hydroxyl groups excluding tert-OH is 1. The molecular formula is C26H40FN3O4.